The molecule has 1 aromatic heterocycles. The first-order chi connectivity index (χ1) is 13.0. The molecular formula is C21H26N4O2. The van der Waals surface area contributed by atoms with Crippen molar-refractivity contribution in [2.75, 3.05) is 26.7 Å². The van der Waals surface area contributed by atoms with Crippen LogP contribution in [0.25, 0.3) is 0 Å². The van der Waals surface area contributed by atoms with E-state index < -0.39 is 0 Å². The molecule has 0 radical (unpaired) electrons. The van der Waals surface area contributed by atoms with Gasteiger partial charge in [-0.3, -0.25) is 14.3 Å². The summed E-state index contributed by atoms with van der Waals surface area (Å²) in [5.74, 6) is 0.132. The van der Waals surface area contributed by atoms with E-state index >= 15 is 0 Å². The largest absolute Gasteiger partial charge is 0.345 e. The Morgan fingerprint density at radius 1 is 1.11 bits per heavy atom. The molecular weight excluding hydrogens is 340 g/mol. The van der Waals surface area contributed by atoms with E-state index in [1.165, 1.54) is 0 Å². The standard InChI is InChI=1S/C21H26N4O2/c1-23-15-21(14-17(19(23)26)16-6-4-3-5-7-16)9-12-25(13-10-21)20(27)18-8-11-24(2)22-18/h3-8,11,17H,9-10,12-15H2,1-2H3/t17-/m1/s1. The van der Waals surface area contributed by atoms with E-state index in [0.717, 1.165) is 44.5 Å². The summed E-state index contributed by atoms with van der Waals surface area (Å²) in [6, 6.07) is 11.9. The number of benzene rings is 1. The van der Waals surface area contributed by atoms with Crippen LogP contribution in [0.1, 0.15) is 41.2 Å². The zero-order chi connectivity index (χ0) is 19.0. The number of aryl methyl sites for hydroxylation is 1. The quantitative estimate of drug-likeness (QED) is 0.819. The van der Waals surface area contributed by atoms with Crippen molar-refractivity contribution in [1.29, 1.82) is 0 Å². The van der Waals surface area contributed by atoms with Crippen LogP contribution in [0.4, 0.5) is 0 Å². The summed E-state index contributed by atoms with van der Waals surface area (Å²) in [5, 5.41) is 4.24. The molecule has 2 amide bonds. The van der Waals surface area contributed by atoms with Crippen molar-refractivity contribution in [3.63, 3.8) is 0 Å². The number of carbonyl (C=O) groups excluding carboxylic acids is 2. The molecule has 2 aromatic rings. The Balaban J connectivity index is 1.48. The van der Waals surface area contributed by atoms with Gasteiger partial charge >= 0.3 is 0 Å². The highest BCUT2D eigenvalue weighted by molar-refractivity contribution is 5.92. The predicted molar refractivity (Wildman–Crippen MR) is 102 cm³/mol. The monoisotopic (exact) mass is 366 g/mol. The van der Waals surface area contributed by atoms with Gasteiger partial charge in [0.1, 0.15) is 5.69 Å². The summed E-state index contributed by atoms with van der Waals surface area (Å²) in [4.78, 5) is 29.2. The number of hydrogen-bond acceptors (Lipinski definition) is 3. The van der Waals surface area contributed by atoms with E-state index in [1.54, 1.807) is 16.9 Å². The Labute approximate surface area is 159 Å². The lowest BCUT2D eigenvalue weighted by Crippen LogP contribution is -2.53. The molecule has 2 aliphatic rings. The van der Waals surface area contributed by atoms with Crippen molar-refractivity contribution < 1.29 is 9.59 Å². The number of nitrogens with zero attached hydrogens (tertiary/aromatic N) is 4. The number of carbonyl (C=O) groups is 2. The minimum absolute atomic E-state index is 0.00491. The molecule has 4 rings (SSSR count). The van der Waals surface area contributed by atoms with Crippen LogP contribution in [-0.2, 0) is 11.8 Å². The molecule has 0 saturated carbocycles. The van der Waals surface area contributed by atoms with Crippen LogP contribution < -0.4 is 0 Å². The van der Waals surface area contributed by atoms with Gasteiger partial charge in [0.25, 0.3) is 5.91 Å². The van der Waals surface area contributed by atoms with E-state index in [-0.39, 0.29) is 23.1 Å². The predicted octanol–water partition coefficient (Wildman–Crippen LogP) is 2.29. The number of amides is 2. The Kier molecular flexibility index (Phi) is 4.50. The fraction of sp³-hybridized carbons (Fsp3) is 0.476. The number of aromatic nitrogens is 2. The minimum Gasteiger partial charge on any atom is -0.345 e. The molecule has 1 atom stereocenters. The molecule has 27 heavy (non-hydrogen) atoms. The van der Waals surface area contributed by atoms with Crippen LogP contribution in [0.3, 0.4) is 0 Å². The number of likely N-dealkylation sites (tertiary alicyclic amines) is 2. The van der Waals surface area contributed by atoms with Crippen LogP contribution in [0.15, 0.2) is 42.6 Å². The highest BCUT2D eigenvalue weighted by Crippen LogP contribution is 2.45. The number of rotatable bonds is 2. The summed E-state index contributed by atoms with van der Waals surface area (Å²) in [5.41, 5.74) is 1.69. The van der Waals surface area contributed by atoms with Crippen LogP contribution in [0.2, 0.25) is 0 Å². The minimum atomic E-state index is -0.0806. The van der Waals surface area contributed by atoms with Crippen molar-refractivity contribution in [3.05, 3.63) is 53.9 Å². The summed E-state index contributed by atoms with van der Waals surface area (Å²) in [7, 11) is 3.73. The molecule has 6 nitrogen and oxygen atoms in total. The van der Waals surface area contributed by atoms with Gasteiger partial charge in [0.15, 0.2) is 0 Å². The third kappa shape index (κ3) is 3.36. The van der Waals surface area contributed by atoms with Gasteiger partial charge in [-0.2, -0.15) is 5.10 Å². The van der Waals surface area contributed by atoms with E-state index in [4.69, 9.17) is 0 Å². The van der Waals surface area contributed by atoms with Gasteiger partial charge in [-0.1, -0.05) is 30.3 Å². The van der Waals surface area contributed by atoms with E-state index in [0.29, 0.717) is 5.69 Å². The van der Waals surface area contributed by atoms with E-state index in [1.807, 2.05) is 42.1 Å². The molecule has 0 unspecified atom stereocenters. The fourth-order valence-electron chi connectivity index (χ4n) is 4.62. The molecule has 2 fully saturated rings. The molecule has 0 bridgehead atoms. The summed E-state index contributed by atoms with van der Waals surface area (Å²) in [6.07, 6.45) is 4.51. The van der Waals surface area contributed by atoms with Gasteiger partial charge in [-0.25, -0.2) is 0 Å². The van der Waals surface area contributed by atoms with Crippen LogP contribution in [0.5, 0.6) is 0 Å². The average Bonchev–Trinajstić information content (AvgIpc) is 3.12. The second kappa shape index (κ2) is 6.83. The zero-order valence-electron chi connectivity index (χ0n) is 16.0. The molecule has 3 heterocycles. The second-order valence-corrected chi connectivity index (χ2v) is 8.03. The SMILES string of the molecule is CN1CC2(CCN(C(=O)c3ccn(C)n3)CC2)C[C@H](c2ccccc2)C1=O. The molecule has 1 spiro atoms. The highest BCUT2D eigenvalue weighted by atomic mass is 16.2. The van der Waals surface area contributed by atoms with E-state index in [9.17, 15) is 9.59 Å². The van der Waals surface area contributed by atoms with Crippen molar-refractivity contribution in [1.82, 2.24) is 19.6 Å². The summed E-state index contributed by atoms with van der Waals surface area (Å²) in [6.45, 7) is 2.22. The van der Waals surface area contributed by atoms with Crippen molar-refractivity contribution in [2.45, 2.75) is 25.2 Å². The first-order valence-corrected chi connectivity index (χ1v) is 9.56. The van der Waals surface area contributed by atoms with Crippen LogP contribution in [0, 0.1) is 5.41 Å². The fourth-order valence-corrected chi connectivity index (χ4v) is 4.62. The van der Waals surface area contributed by atoms with Gasteiger partial charge in [0.2, 0.25) is 5.91 Å². The first kappa shape index (κ1) is 17.8. The molecule has 6 heteroatoms. The maximum atomic E-state index is 12.8. The lowest BCUT2D eigenvalue weighted by atomic mass is 9.67. The maximum absolute atomic E-state index is 12.8. The van der Waals surface area contributed by atoms with Gasteiger partial charge < -0.3 is 9.80 Å². The third-order valence-corrected chi connectivity index (χ3v) is 6.13. The Bertz CT molecular complexity index is 837. The van der Waals surface area contributed by atoms with Crippen molar-refractivity contribution in [2.24, 2.45) is 12.5 Å². The normalized spacial score (nSPS) is 22.3. The number of likely N-dealkylation sites (N-methyl/N-ethyl adjacent to an activating group) is 1. The number of hydrogen-bond donors (Lipinski definition) is 0. The summed E-state index contributed by atoms with van der Waals surface area (Å²) >= 11 is 0. The molecule has 142 valence electrons. The van der Waals surface area contributed by atoms with Crippen LogP contribution in [-0.4, -0.2) is 58.1 Å². The molecule has 0 N–H and O–H groups in total. The van der Waals surface area contributed by atoms with E-state index in [2.05, 4.69) is 17.2 Å². The third-order valence-electron chi connectivity index (χ3n) is 6.13. The van der Waals surface area contributed by atoms with Gasteiger partial charge in [-0.15, -0.1) is 0 Å². The topological polar surface area (TPSA) is 58.4 Å². The van der Waals surface area contributed by atoms with Gasteiger partial charge in [0, 0.05) is 39.9 Å². The Morgan fingerprint density at radius 2 is 1.81 bits per heavy atom. The molecule has 2 aliphatic heterocycles. The molecule has 1 aromatic carbocycles. The van der Waals surface area contributed by atoms with Gasteiger partial charge in [-0.05, 0) is 36.3 Å². The smallest absolute Gasteiger partial charge is 0.274 e. The zero-order valence-corrected chi connectivity index (χ0v) is 16.0. The number of piperidine rings is 2. The van der Waals surface area contributed by atoms with Crippen LogP contribution >= 0.6 is 0 Å². The molecule has 2 saturated heterocycles. The first-order valence-electron chi connectivity index (χ1n) is 9.56. The maximum Gasteiger partial charge on any atom is 0.274 e. The summed E-state index contributed by atoms with van der Waals surface area (Å²) < 4.78 is 1.66. The molecule has 0 aliphatic carbocycles. The second-order valence-electron chi connectivity index (χ2n) is 8.03. The van der Waals surface area contributed by atoms with Gasteiger partial charge in [0.05, 0.1) is 5.92 Å². The lowest BCUT2D eigenvalue weighted by Gasteiger charge is -2.49. The lowest BCUT2D eigenvalue weighted by molar-refractivity contribution is -0.139. The Hall–Kier alpha value is -2.63. The van der Waals surface area contributed by atoms with Crippen molar-refractivity contribution >= 4 is 11.8 Å². The highest BCUT2D eigenvalue weighted by Gasteiger charge is 2.45. The Morgan fingerprint density at radius 3 is 2.44 bits per heavy atom. The average molecular weight is 366 g/mol. The van der Waals surface area contributed by atoms with Crippen molar-refractivity contribution in [3.8, 4) is 0 Å².